The summed E-state index contributed by atoms with van der Waals surface area (Å²) in [6.07, 6.45) is 0. The van der Waals surface area contributed by atoms with Crippen LogP contribution in [0, 0.1) is 6.92 Å². The van der Waals surface area contributed by atoms with Gasteiger partial charge < -0.3 is 0 Å². The molecule has 0 spiro atoms. The van der Waals surface area contributed by atoms with E-state index in [4.69, 9.17) is 0 Å². The van der Waals surface area contributed by atoms with Gasteiger partial charge >= 0.3 is 0 Å². The highest BCUT2D eigenvalue weighted by Gasteiger charge is 2.20. The van der Waals surface area contributed by atoms with E-state index in [1.54, 1.807) is 6.92 Å². The van der Waals surface area contributed by atoms with Crippen LogP contribution in [-0.2, 0) is 10.0 Å². The maximum atomic E-state index is 12.5. The number of nitrogens with zero attached hydrogens (tertiary/aromatic N) is 2. The molecule has 1 aromatic heterocycles. The zero-order valence-electron chi connectivity index (χ0n) is 16.5. The van der Waals surface area contributed by atoms with Gasteiger partial charge in [0.2, 0.25) is 10.0 Å². The molecule has 156 valence electrons. The van der Waals surface area contributed by atoms with Crippen molar-refractivity contribution >= 4 is 33.2 Å². The molecule has 0 fully saturated rings. The standard InChI is InChI=1S/C20H20N4O4S2/c1-13-17(29-20(21-13)14-8-5-4-6-9-14)19(26)23-22-18(25)15-10-7-11-16(12-15)30(27,28)24(2)3/h4-12H,1-3H3,(H,22,25)(H,23,26). The minimum atomic E-state index is -3.68. The van der Waals surface area contributed by atoms with Gasteiger partial charge in [-0.1, -0.05) is 36.4 Å². The van der Waals surface area contributed by atoms with Gasteiger partial charge in [-0.05, 0) is 25.1 Å². The van der Waals surface area contributed by atoms with Gasteiger partial charge in [0.05, 0.1) is 10.6 Å². The largest absolute Gasteiger partial charge is 0.281 e. The van der Waals surface area contributed by atoms with Crippen LogP contribution in [0.25, 0.3) is 10.6 Å². The van der Waals surface area contributed by atoms with Crippen LogP contribution in [0.15, 0.2) is 59.5 Å². The molecule has 0 unspecified atom stereocenters. The average molecular weight is 445 g/mol. The Morgan fingerprint density at radius 1 is 0.967 bits per heavy atom. The Morgan fingerprint density at radius 2 is 1.63 bits per heavy atom. The number of hydrogen-bond donors (Lipinski definition) is 2. The van der Waals surface area contributed by atoms with Crippen LogP contribution in [0.2, 0.25) is 0 Å². The third kappa shape index (κ3) is 4.56. The van der Waals surface area contributed by atoms with Crippen molar-refractivity contribution in [2.75, 3.05) is 14.1 Å². The predicted octanol–water partition coefficient (Wildman–Crippen LogP) is 2.44. The minimum absolute atomic E-state index is 0.0164. The highest BCUT2D eigenvalue weighted by molar-refractivity contribution is 7.89. The number of hydrogen-bond acceptors (Lipinski definition) is 6. The van der Waals surface area contributed by atoms with Crippen LogP contribution in [0.1, 0.15) is 25.7 Å². The number of benzene rings is 2. The summed E-state index contributed by atoms with van der Waals surface area (Å²) < 4.78 is 25.5. The molecule has 30 heavy (non-hydrogen) atoms. The molecule has 10 heteroatoms. The van der Waals surface area contributed by atoms with Gasteiger partial charge in [-0.15, -0.1) is 11.3 Å². The Balaban J connectivity index is 1.71. The van der Waals surface area contributed by atoms with Crippen molar-refractivity contribution in [3.8, 4) is 10.6 Å². The van der Waals surface area contributed by atoms with Crippen molar-refractivity contribution in [2.45, 2.75) is 11.8 Å². The molecule has 8 nitrogen and oxygen atoms in total. The third-order valence-electron chi connectivity index (χ3n) is 4.19. The summed E-state index contributed by atoms with van der Waals surface area (Å²) in [7, 11) is -0.865. The van der Waals surface area contributed by atoms with Crippen molar-refractivity contribution < 1.29 is 18.0 Å². The molecule has 0 radical (unpaired) electrons. The first-order valence-electron chi connectivity index (χ1n) is 8.86. The molecule has 2 N–H and O–H groups in total. The van der Waals surface area contributed by atoms with Crippen molar-refractivity contribution in [1.82, 2.24) is 20.1 Å². The zero-order valence-corrected chi connectivity index (χ0v) is 18.2. The molecule has 0 atom stereocenters. The van der Waals surface area contributed by atoms with Crippen LogP contribution in [0.3, 0.4) is 0 Å². The first-order valence-corrected chi connectivity index (χ1v) is 11.1. The Morgan fingerprint density at radius 3 is 2.30 bits per heavy atom. The molecule has 3 aromatic rings. The van der Waals surface area contributed by atoms with Gasteiger partial charge in [0.15, 0.2) is 0 Å². The lowest BCUT2D eigenvalue weighted by Crippen LogP contribution is -2.41. The van der Waals surface area contributed by atoms with Crippen LogP contribution < -0.4 is 10.9 Å². The van der Waals surface area contributed by atoms with E-state index >= 15 is 0 Å². The third-order valence-corrected chi connectivity index (χ3v) is 7.20. The molecule has 2 aromatic carbocycles. The van der Waals surface area contributed by atoms with E-state index in [-0.39, 0.29) is 10.5 Å². The number of rotatable bonds is 5. The molecule has 0 aliphatic carbocycles. The highest BCUT2D eigenvalue weighted by Crippen LogP contribution is 2.27. The zero-order chi connectivity index (χ0) is 21.9. The second-order valence-corrected chi connectivity index (χ2v) is 9.67. The summed E-state index contributed by atoms with van der Waals surface area (Å²) in [5.41, 5.74) is 6.21. The van der Waals surface area contributed by atoms with Crippen molar-refractivity contribution in [3.63, 3.8) is 0 Å². The Kier molecular flexibility index (Phi) is 6.30. The minimum Gasteiger partial charge on any atom is -0.267 e. The molecule has 0 bridgehead atoms. The summed E-state index contributed by atoms with van der Waals surface area (Å²) in [6, 6.07) is 15.0. The van der Waals surface area contributed by atoms with Gasteiger partial charge in [0.1, 0.15) is 9.88 Å². The molecule has 0 saturated heterocycles. The fourth-order valence-electron chi connectivity index (χ4n) is 2.56. The molecular weight excluding hydrogens is 424 g/mol. The van der Waals surface area contributed by atoms with E-state index in [9.17, 15) is 18.0 Å². The molecule has 0 saturated carbocycles. The van der Waals surface area contributed by atoms with Gasteiger partial charge in [-0.25, -0.2) is 17.7 Å². The summed E-state index contributed by atoms with van der Waals surface area (Å²) in [4.78, 5) is 29.7. The molecule has 2 amide bonds. The SMILES string of the molecule is Cc1nc(-c2ccccc2)sc1C(=O)NNC(=O)c1cccc(S(=O)(=O)N(C)C)c1. The summed E-state index contributed by atoms with van der Waals surface area (Å²) in [5, 5.41) is 0.700. The lowest BCUT2D eigenvalue weighted by atomic mass is 10.2. The topological polar surface area (TPSA) is 108 Å². The number of aromatic nitrogens is 1. The summed E-state index contributed by atoms with van der Waals surface area (Å²) in [5.74, 6) is -1.14. The molecule has 0 aliphatic heterocycles. The van der Waals surface area contributed by atoms with Crippen LogP contribution in [-0.4, -0.2) is 43.6 Å². The fraction of sp³-hybridized carbons (Fsp3) is 0.150. The van der Waals surface area contributed by atoms with Crippen LogP contribution >= 0.6 is 11.3 Å². The Bertz CT molecular complexity index is 1190. The number of carbonyl (C=O) groups is 2. The molecule has 3 rings (SSSR count). The van der Waals surface area contributed by atoms with Crippen LogP contribution in [0.4, 0.5) is 0 Å². The van der Waals surface area contributed by atoms with E-state index in [2.05, 4.69) is 15.8 Å². The maximum absolute atomic E-state index is 12.5. The monoisotopic (exact) mass is 444 g/mol. The second kappa shape index (κ2) is 8.74. The van der Waals surface area contributed by atoms with E-state index in [0.29, 0.717) is 15.6 Å². The maximum Gasteiger partial charge on any atom is 0.281 e. The lowest BCUT2D eigenvalue weighted by molar-refractivity contribution is 0.0848. The number of nitrogens with one attached hydrogen (secondary N) is 2. The van der Waals surface area contributed by atoms with E-state index in [0.717, 1.165) is 9.87 Å². The van der Waals surface area contributed by atoms with Crippen molar-refractivity contribution in [1.29, 1.82) is 0 Å². The fourth-order valence-corrected chi connectivity index (χ4v) is 4.48. The van der Waals surface area contributed by atoms with Gasteiger partial charge in [0, 0.05) is 25.2 Å². The molecule has 1 heterocycles. The quantitative estimate of drug-likeness (QED) is 0.588. The molecular formula is C20H20N4O4S2. The summed E-state index contributed by atoms with van der Waals surface area (Å²) in [6.45, 7) is 1.72. The van der Waals surface area contributed by atoms with Crippen LogP contribution in [0.5, 0.6) is 0 Å². The van der Waals surface area contributed by atoms with Gasteiger partial charge in [-0.2, -0.15) is 0 Å². The van der Waals surface area contributed by atoms with E-state index in [1.165, 1.54) is 49.7 Å². The summed E-state index contributed by atoms with van der Waals surface area (Å²) >= 11 is 1.22. The van der Waals surface area contributed by atoms with Crippen molar-refractivity contribution in [2.24, 2.45) is 0 Å². The number of hydrazine groups is 1. The van der Waals surface area contributed by atoms with Gasteiger partial charge in [-0.3, -0.25) is 20.4 Å². The molecule has 0 aliphatic rings. The first-order chi connectivity index (χ1) is 14.2. The number of amides is 2. The first kappa shape index (κ1) is 21.6. The van der Waals surface area contributed by atoms with E-state index in [1.807, 2.05) is 30.3 Å². The second-order valence-electron chi connectivity index (χ2n) is 6.52. The average Bonchev–Trinajstić information content (AvgIpc) is 3.14. The number of thiazole rings is 1. The number of carbonyl (C=O) groups excluding carboxylic acids is 2. The normalized spacial score (nSPS) is 11.3. The van der Waals surface area contributed by atoms with Crippen molar-refractivity contribution in [3.05, 3.63) is 70.7 Å². The number of sulfonamides is 1. The highest BCUT2D eigenvalue weighted by atomic mass is 32.2. The Labute approximate surface area is 178 Å². The Hall–Kier alpha value is -3.08. The van der Waals surface area contributed by atoms with E-state index < -0.39 is 21.8 Å². The van der Waals surface area contributed by atoms with Gasteiger partial charge in [0.25, 0.3) is 11.8 Å². The number of aryl methyl sites for hydroxylation is 1. The lowest BCUT2D eigenvalue weighted by Gasteiger charge is -2.12. The predicted molar refractivity (Wildman–Crippen MR) is 115 cm³/mol. The smallest absolute Gasteiger partial charge is 0.267 e.